The first-order valence-electron chi connectivity index (χ1n) is 8.47. The molecule has 3 rings (SSSR count). The molecule has 1 N–H and O–H groups in total. The van der Waals surface area contributed by atoms with E-state index in [0.717, 1.165) is 17.7 Å². The van der Waals surface area contributed by atoms with E-state index in [-0.39, 0.29) is 36.4 Å². The maximum atomic E-state index is 14.2. The Morgan fingerprint density at radius 3 is 2.67 bits per heavy atom. The monoisotopic (exact) mass is 396 g/mol. The minimum absolute atomic E-state index is 0.00372. The molecule has 0 spiro atoms. The van der Waals surface area contributed by atoms with E-state index in [4.69, 9.17) is 26.2 Å². The number of rotatable bonds is 6. The second kappa shape index (κ2) is 7.35. The lowest BCUT2D eigenvalue weighted by atomic mass is 10.0. The molecule has 1 heterocycles. The van der Waals surface area contributed by atoms with Crippen LogP contribution in [0.4, 0.5) is 8.78 Å². The van der Waals surface area contributed by atoms with Gasteiger partial charge < -0.3 is 14.6 Å². The SMILES string of the molecule is CC1(C)Cc2cc(Cl)cc(COc3cc(F)c(CCC(=O)O)cc3F)c2O1. The summed E-state index contributed by atoms with van der Waals surface area (Å²) in [5, 5.41) is 9.19. The van der Waals surface area contributed by atoms with E-state index in [2.05, 4.69) is 0 Å². The molecule has 0 saturated carbocycles. The van der Waals surface area contributed by atoms with E-state index in [9.17, 15) is 13.6 Å². The van der Waals surface area contributed by atoms with Crippen molar-refractivity contribution in [3.05, 3.63) is 57.6 Å². The highest BCUT2D eigenvalue weighted by atomic mass is 35.5. The Kier molecular flexibility index (Phi) is 5.29. The molecule has 0 bridgehead atoms. The number of aliphatic carboxylic acids is 1. The second-order valence-electron chi connectivity index (χ2n) is 7.15. The lowest BCUT2D eigenvalue weighted by Crippen LogP contribution is -2.25. The summed E-state index contributed by atoms with van der Waals surface area (Å²) in [4.78, 5) is 10.6. The zero-order valence-electron chi connectivity index (χ0n) is 14.9. The maximum Gasteiger partial charge on any atom is 0.303 e. The van der Waals surface area contributed by atoms with Crippen LogP contribution in [0, 0.1) is 11.6 Å². The number of fused-ring (bicyclic) bond motifs is 1. The Labute approximate surface area is 160 Å². The van der Waals surface area contributed by atoms with E-state index in [1.165, 1.54) is 0 Å². The van der Waals surface area contributed by atoms with Gasteiger partial charge in [-0.2, -0.15) is 0 Å². The number of halogens is 3. The van der Waals surface area contributed by atoms with Crippen LogP contribution in [0.5, 0.6) is 11.5 Å². The van der Waals surface area contributed by atoms with Gasteiger partial charge in [0.25, 0.3) is 0 Å². The summed E-state index contributed by atoms with van der Waals surface area (Å²) in [6.45, 7) is 3.87. The van der Waals surface area contributed by atoms with Crippen molar-refractivity contribution in [1.82, 2.24) is 0 Å². The molecule has 2 aromatic rings. The van der Waals surface area contributed by atoms with Gasteiger partial charge in [0.2, 0.25) is 0 Å². The average molecular weight is 397 g/mol. The summed E-state index contributed by atoms with van der Waals surface area (Å²) in [5.74, 6) is -2.13. The topological polar surface area (TPSA) is 55.8 Å². The molecular formula is C20H19ClF2O4. The third-order valence-electron chi connectivity index (χ3n) is 4.29. The third kappa shape index (κ3) is 4.50. The summed E-state index contributed by atoms with van der Waals surface area (Å²) < 4.78 is 39.7. The molecule has 1 aliphatic heterocycles. The van der Waals surface area contributed by atoms with E-state index >= 15 is 0 Å². The van der Waals surface area contributed by atoms with Crippen LogP contribution in [-0.2, 0) is 24.2 Å². The van der Waals surface area contributed by atoms with Crippen molar-refractivity contribution in [2.45, 2.75) is 45.3 Å². The highest BCUT2D eigenvalue weighted by molar-refractivity contribution is 6.30. The normalized spacial score (nSPS) is 14.6. The number of carbonyl (C=O) groups is 1. The first kappa shape index (κ1) is 19.4. The molecular weight excluding hydrogens is 378 g/mol. The van der Waals surface area contributed by atoms with Crippen LogP contribution in [-0.4, -0.2) is 16.7 Å². The number of hydrogen-bond donors (Lipinski definition) is 1. The van der Waals surface area contributed by atoms with Crippen molar-refractivity contribution < 1.29 is 28.2 Å². The molecule has 0 fully saturated rings. The summed E-state index contributed by atoms with van der Waals surface area (Å²) in [5.41, 5.74) is 1.22. The molecule has 4 nitrogen and oxygen atoms in total. The van der Waals surface area contributed by atoms with Gasteiger partial charge in [0, 0.05) is 29.5 Å². The molecule has 0 unspecified atom stereocenters. The van der Waals surface area contributed by atoms with Crippen LogP contribution in [0.25, 0.3) is 0 Å². The van der Waals surface area contributed by atoms with E-state index < -0.39 is 17.6 Å². The van der Waals surface area contributed by atoms with Gasteiger partial charge in [-0.25, -0.2) is 8.78 Å². The van der Waals surface area contributed by atoms with Crippen molar-refractivity contribution in [2.24, 2.45) is 0 Å². The summed E-state index contributed by atoms with van der Waals surface area (Å²) in [6, 6.07) is 5.40. The predicted octanol–water partition coefficient (Wildman–Crippen LogP) is 4.93. The zero-order chi connectivity index (χ0) is 19.8. The fourth-order valence-corrected chi connectivity index (χ4v) is 3.39. The lowest BCUT2D eigenvalue weighted by molar-refractivity contribution is -0.136. The van der Waals surface area contributed by atoms with E-state index in [0.29, 0.717) is 22.8 Å². The Morgan fingerprint density at radius 1 is 1.22 bits per heavy atom. The van der Waals surface area contributed by atoms with Crippen LogP contribution in [0.3, 0.4) is 0 Å². The van der Waals surface area contributed by atoms with Crippen molar-refractivity contribution in [3.63, 3.8) is 0 Å². The fraction of sp³-hybridized carbons (Fsp3) is 0.350. The first-order valence-corrected chi connectivity index (χ1v) is 8.85. The summed E-state index contributed by atoms with van der Waals surface area (Å²) in [7, 11) is 0. The Hall–Kier alpha value is -2.34. The number of carboxylic acid groups (broad SMARTS) is 1. The van der Waals surface area contributed by atoms with Crippen LogP contribution < -0.4 is 9.47 Å². The zero-order valence-corrected chi connectivity index (χ0v) is 15.7. The van der Waals surface area contributed by atoms with Crippen molar-refractivity contribution in [1.29, 1.82) is 0 Å². The van der Waals surface area contributed by atoms with Gasteiger partial charge in [-0.05, 0) is 49.6 Å². The molecule has 0 radical (unpaired) electrons. The van der Waals surface area contributed by atoms with Crippen LogP contribution in [0.2, 0.25) is 5.02 Å². The van der Waals surface area contributed by atoms with Crippen LogP contribution in [0.1, 0.15) is 37.0 Å². The number of aryl methyl sites for hydroxylation is 1. The van der Waals surface area contributed by atoms with Gasteiger partial charge in [-0.1, -0.05) is 11.6 Å². The third-order valence-corrected chi connectivity index (χ3v) is 4.51. The highest BCUT2D eigenvalue weighted by Crippen LogP contribution is 2.40. The van der Waals surface area contributed by atoms with E-state index in [1.807, 2.05) is 19.9 Å². The Morgan fingerprint density at radius 2 is 1.96 bits per heavy atom. The number of carboxylic acids is 1. The lowest BCUT2D eigenvalue weighted by Gasteiger charge is -2.18. The van der Waals surface area contributed by atoms with Crippen LogP contribution >= 0.6 is 11.6 Å². The molecule has 7 heteroatoms. The molecule has 0 aliphatic carbocycles. The maximum absolute atomic E-state index is 14.2. The standard InChI is InChI=1S/C20H19ClF2O4/c1-20(2)9-12-5-14(21)6-13(19(12)27-20)10-26-17-8-15(22)11(7-16(17)23)3-4-18(24)25/h5-8H,3-4,9-10H2,1-2H3,(H,24,25). The first-order chi connectivity index (χ1) is 12.6. The molecule has 0 saturated heterocycles. The fourth-order valence-electron chi connectivity index (χ4n) is 3.12. The van der Waals surface area contributed by atoms with E-state index in [1.54, 1.807) is 6.07 Å². The number of benzene rings is 2. The van der Waals surface area contributed by atoms with Gasteiger partial charge >= 0.3 is 5.97 Å². The predicted molar refractivity (Wildman–Crippen MR) is 96.5 cm³/mol. The quantitative estimate of drug-likeness (QED) is 0.752. The number of hydrogen-bond acceptors (Lipinski definition) is 3. The molecule has 0 atom stereocenters. The van der Waals surface area contributed by atoms with Crippen molar-refractivity contribution in [3.8, 4) is 11.5 Å². The molecule has 144 valence electrons. The van der Waals surface area contributed by atoms with Gasteiger partial charge in [0.15, 0.2) is 11.6 Å². The largest absolute Gasteiger partial charge is 0.487 e. The second-order valence-corrected chi connectivity index (χ2v) is 7.58. The molecule has 0 amide bonds. The summed E-state index contributed by atoms with van der Waals surface area (Å²) >= 11 is 6.15. The van der Waals surface area contributed by atoms with Gasteiger partial charge in [-0.15, -0.1) is 0 Å². The Bertz CT molecular complexity index is 896. The molecule has 1 aliphatic rings. The molecule has 2 aromatic carbocycles. The van der Waals surface area contributed by atoms with Crippen LogP contribution in [0.15, 0.2) is 24.3 Å². The molecule has 0 aromatic heterocycles. The minimum Gasteiger partial charge on any atom is -0.487 e. The van der Waals surface area contributed by atoms with Crippen molar-refractivity contribution in [2.75, 3.05) is 0 Å². The molecule has 27 heavy (non-hydrogen) atoms. The summed E-state index contributed by atoms with van der Waals surface area (Å²) in [6.07, 6.45) is 0.318. The smallest absolute Gasteiger partial charge is 0.303 e. The van der Waals surface area contributed by atoms with Gasteiger partial charge in [0.1, 0.15) is 23.8 Å². The minimum atomic E-state index is -1.08. The van der Waals surface area contributed by atoms with Gasteiger partial charge in [-0.3, -0.25) is 4.79 Å². The Balaban J connectivity index is 1.78. The van der Waals surface area contributed by atoms with Crippen molar-refractivity contribution >= 4 is 17.6 Å². The average Bonchev–Trinajstić information content (AvgIpc) is 2.87. The highest BCUT2D eigenvalue weighted by Gasteiger charge is 2.32. The van der Waals surface area contributed by atoms with Gasteiger partial charge in [0.05, 0.1) is 0 Å². The number of ether oxygens (including phenoxy) is 2.